The Kier molecular flexibility index (Phi) is 3.06. The van der Waals surface area contributed by atoms with Gasteiger partial charge < -0.3 is 4.74 Å². The molecule has 0 aromatic heterocycles. The van der Waals surface area contributed by atoms with Gasteiger partial charge in [-0.3, -0.25) is 15.8 Å². The van der Waals surface area contributed by atoms with Crippen LogP contribution in [0.1, 0.15) is 11.1 Å². The van der Waals surface area contributed by atoms with Crippen molar-refractivity contribution in [1.29, 1.82) is 0 Å². The van der Waals surface area contributed by atoms with Crippen LogP contribution in [0.5, 0.6) is 5.75 Å². The van der Waals surface area contributed by atoms with Crippen molar-refractivity contribution in [2.45, 2.75) is 6.54 Å². The third-order valence-electron chi connectivity index (χ3n) is 3.58. The Labute approximate surface area is 121 Å². The van der Waals surface area contributed by atoms with E-state index in [1.807, 2.05) is 24.3 Å². The van der Waals surface area contributed by atoms with Gasteiger partial charge in [-0.2, -0.15) is 0 Å². The summed E-state index contributed by atoms with van der Waals surface area (Å²) in [5, 5.41) is 11.3. The predicted molar refractivity (Wildman–Crippen MR) is 78.0 cm³/mol. The number of benzene rings is 2. The number of nitrogens with zero attached hydrogens (tertiary/aromatic N) is 2. The van der Waals surface area contributed by atoms with Crippen molar-refractivity contribution in [3.63, 3.8) is 0 Å². The lowest BCUT2D eigenvalue weighted by Crippen LogP contribution is -2.20. The molecule has 1 heterocycles. The zero-order chi connectivity index (χ0) is 15.0. The minimum absolute atomic E-state index is 0.0230. The largest absolute Gasteiger partial charge is 0.496 e. The molecule has 2 N–H and O–H groups in total. The Morgan fingerprint density at radius 2 is 2.05 bits per heavy atom. The van der Waals surface area contributed by atoms with Gasteiger partial charge in [0.05, 0.1) is 23.7 Å². The quantitative estimate of drug-likeness (QED) is 0.532. The average molecular weight is 284 g/mol. The van der Waals surface area contributed by atoms with Crippen molar-refractivity contribution in [2.75, 3.05) is 7.11 Å². The molecule has 0 fully saturated rings. The summed E-state index contributed by atoms with van der Waals surface area (Å²) in [5.74, 6) is 0.972. The third-order valence-corrected chi connectivity index (χ3v) is 3.58. The number of nitro groups is 1. The van der Waals surface area contributed by atoms with Crippen molar-refractivity contribution in [3.05, 3.63) is 63.7 Å². The molecule has 3 rings (SSSR count). The Morgan fingerprint density at radius 3 is 2.71 bits per heavy atom. The van der Waals surface area contributed by atoms with Gasteiger partial charge in [-0.15, -0.1) is 0 Å². The van der Waals surface area contributed by atoms with Gasteiger partial charge in [0, 0.05) is 5.56 Å². The summed E-state index contributed by atoms with van der Waals surface area (Å²) in [6.45, 7) is 0.523. The topological polar surface area (TPSA) is 81.4 Å². The van der Waals surface area contributed by atoms with E-state index in [9.17, 15) is 10.1 Å². The van der Waals surface area contributed by atoms with Crippen LogP contribution in [0.25, 0.3) is 0 Å². The number of rotatable bonds is 3. The number of fused-ring (bicyclic) bond motifs is 1. The fourth-order valence-corrected chi connectivity index (χ4v) is 2.53. The van der Waals surface area contributed by atoms with E-state index in [1.165, 1.54) is 13.2 Å². The van der Waals surface area contributed by atoms with E-state index < -0.39 is 4.92 Å². The smallest absolute Gasteiger partial charge is 0.319 e. The minimum atomic E-state index is -0.423. The third kappa shape index (κ3) is 2.10. The average Bonchev–Trinajstić information content (AvgIpc) is 2.84. The van der Waals surface area contributed by atoms with Crippen LogP contribution in [0.4, 0.5) is 11.4 Å². The molecule has 0 unspecified atom stereocenters. The second kappa shape index (κ2) is 4.90. The number of ether oxygens (including phenoxy) is 1. The van der Waals surface area contributed by atoms with Gasteiger partial charge in [-0.1, -0.05) is 18.2 Å². The van der Waals surface area contributed by atoms with Crippen LogP contribution in [0.15, 0.2) is 42.5 Å². The standard InChI is InChI=1S/C15H13N3O3/c1-21-11-6-7-13(14(8-11)18(19)20)17-9-10-4-2-3-5-12(10)15(17)16/h2-8,16H,9H2,1H3/p+1. The molecule has 0 saturated carbocycles. The van der Waals surface area contributed by atoms with Crippen LogP contribution in [0.2, 0.25) is 0 Å². The Morgan fingerprint density at radius 1 is 1.29 bits per heavy atom. The number of nitro benzene ring substituents is 1. The second-order valence-corrected chi connectivity index (χ2v) is 4.74. The molecule has 0 aliphatic carbocycles. The van der Waals surface area contributed by atoms with Crippen LogP contribution in [-0.4, -0.2) is 22.4 Å². The van der Waals surface area contributed by atoms with Crippen LogP contribution in [0, 0.1) is 10.1 Å². The van der Waals surface area contributed by atoms with Crippen LogP contribution < -0.4 is 10.5 Å². The lowest BCUT2D eigenvalue weighted by molar-refractivity contribution is -0.468. The molecule has 0 atom stereocenters. The van der Waals surface area contributed by atoms with Gasteiger partial charge in [0.2, 0.25) is 5.69 Å². The van der Waals surface area contributed by atoms with Crippen molar-refractivity contribution in [2.24, 2.45) is 5.73 Å². The molecular weight excluding hydrogens is 270 g/mol. The first kappa shape index (κ1) is 13.1. The maximum Gasteiger partial charge on any atom is 0.319 e. The summed E-state index contributed by atoms with van der Waals surface area (Å²) in [6, 6.07) is 12.5. The van der Waals surface area contributed by atoms with E-state index in [-0.39, 0.29) is 5.69 Å². The molecular formula is C15H14N3O3+. The maximum absolute atomic E-state index is 11.3. The summed E-state index contributed by atoms with van der Waals surface area (Å²) >= 11 is 0. The highest BCUT2D eigenvalue weighted by molar-refractivity contribution is 5.97. The molecule has 0 spiro atoms. The van der Waals surface area contributed by atoms with Crippen molar-refractivity contribution >= 4 is 17.2 Å². The molecule has 0 radical (unpaired) electrons. The number of amidine groups is 1. The lowest BCUT2D eigenvalue weighted by atomic mass is 10.1. The lowest BCUT2D eigenvalue weighted by Gasteiger charge is -2.06. The molecule has 106 valence electrons. The number of hydrogen-bond donors (Lipinski definition) is 1. The predicted octanol–water partition coefficient (Wildman–Crippen LogP) is 2.17. The maximum atomic E-state index is 11.3. The monoisotopic (exact) mass is 284 g/mol. The molecule has 21 heavy (non-hydrogen) atoms. The minimum Gasteiger partial charge on any atom is -0.496 e. The van der Waals surface area contributed by atoms with Crippen LogP contribution in [0.3, 0.4) is 0 Å². The van der Waals surface area contributed by atoms with Gasteiger partial charge in [0.25, 0.3) is 5.84 Å². The van der Waals surface area contributed by atoms with E-state index in [4.69, 9.17) is 10.5 Å². The molecule has 2 aromatic carbocycles. The van der Waals surface area contributed by atoms with Gasteiger partial charge >= 0.3 is 5.69 Å². The fourth-order valence-electron chi connectivity index (χ4n) is 2.53. The highest BCUT2D eigenvalue weighted by Gasteiger charge is 2.30. The first-order chi connectivity index (χ1) is 10.1. The summed E-state index contributed by atoms with van der Waals surface area (Å²) in [5.41, 5.74) is 8.57. The summed E-state index contributed by atoms with van der Waals surface area (Å²) in [6.07, 6.45) is 0. The summed E-state index contributed by atoms with van der Waals surface area (Å²) in [7, 11) is 1.48. The first-order valence-corrected chi connectivity index (χ1v) is 6.42. The molecule has 6 heteroatoms. The van der Waals surface area contributed by atoms with Crippen LogP contribution >= 0.6 is 0 Å². The zero-order valence-electron chi connectivity index (χ0n) is 11.4. The Hall–Kier alpha value is -2.89. The number of methoxy groups -OCH3 is 1. The SMILES string of the molecule is COc1ccc([N+]2=C(N)c3ccccc3C2)c([N+](=O)[O-])c1. The van der Waals surface area contributed by atoms with E-state index in [1.54, 1.807) is 16.7 Å². The first-order valence-electron chi connectivity index (χ1n) is 6.42. The van der Waals surface area contributed by atoms with Gasteiger partial charge in [-0.25, -0.2) is 4.58 Å². The van der Waals surface area contributed by atoms with Crippen LogP contribution in [-0.2, 0) is 6.54 Å². The normalized spacial score (nSPS) is 13.2. The van der Waals surface area contributed by atoms with E-state index in [0.29, 0.717) is 23.8 Å². The van der Waals surface area contributed by atoms with Gasteiger partial charge in [0.15, 0.2) is 0 Å². The van der Waals surface area contributed by atoms with E-state index in [0.717, 1.165) is 11.1 Å². The fraction of sp³-hybridized carbons (Fsp3) is 0.133. The molecule has 0 bridgehead atoms. The highest BCUT2D eigenvalue weighted by Crippen LogP contribution is 2.34. The van der Waals surface area contributed by atoms with Gasteiger partial charge in [0.1, 0.15) is 12.3 Å². The second-order valence-electron chi connectivity index (χ2n) is 4.74. The number of hydrogen-bond acceptors (Lipinski definition) is 4. The molecule has 2 aromatic rings. The van der Waals surface area contributed by atoms with E-state index >= 15 is 0 Å². The Balaban J connectivity index is 2.15. The van der Waals surface area contributed by atoms with Crippen molar-refractivity contribution in [3.8, 4) is 5.75 Å². The highest BCUT2D eigenvalue weighted by atomic mass is 16.6. The van der Waals surface area contributed by atoms with Gasteiger partial charge in [-0.05, 0) is 18.2 Å². The Bertz CT molecular complexity index is 769. The molecule has 1 aliphatic rings. The van der Waals surface area contributed by atoms with E-state index in [2.05, 4.69) is 0 Å². The number of nitrogens with two attached hydrogens (primary N) is 1. The summed E-state index contributed by atoms with van der Waals surface area (Å²) < 4.78 is 6.80. The molecule has 6 nitrogen and oxygen atoms in total. The van der Waals surface area contributed by atoms with Crippen molar-refractivity contribution < 1.29 is 14.2 Å². The molecule has 0 amide bonds. The van der Waals surface area contributed by atoms with Crippen molar-refractivity contribution in [1.82, 2.24) is 0 Å². The molecule has 0 saturated heterocycles. The zero-order valence-corrected chi connectivity index (χ0v) is 11.4. The molecule has 1 aliphatic heterocycles. The summed E-state index contributed by atoms with van der Waals surface area (Å²) in [4.78, 5) is 10.9.